The van der Waals surface area contributed by atoms with E-state index in [1.807, 2.05) is 20.8 Å². The van der Waals surface area contributed by atoms with E-state index in [1.165, 1.54) is 12.0 Å². The molecular formula is C17H26O2. The van der Waals surface area contributed by atoms with Crippen LogP contribution in [0.1, 0.15) is 53.9 Å². The molecule has 0 aliphatic heterocycles. The van der Waals surface area contributed by atoms with E-state index < -0.39 is 5.97 Å². The second kappa shape index (κ2) is 4.81. The Hall–Kier alpha value is -1.05. The van der Waals surface area contributed by atoms with Gasteiger partial charge in [-0.25, -0.2) is 4.79 Å². The number of allylic oxidation sites excluding steroid dienone is 3. The first kappa shape index (κ1) is 14.4. The zero-order valence-electron chi connectivity index (χ0n) is 12.8. The Bertz CT molecular complexity index is 446. The fourth-order valence-electron chi connectivity index (χ4n) is 3.65. The van der Waals surface area contributed by atoms with Crippen molar-refractivity contribution in [2.75, 3.05) is 0 Å². The molecule has 0 aromatic heterocycles. The number of hydrogen-bond acceptors (Lipinski definition) is 1. The van der Waals surface area contributed by atoms with Crippen LogP contribution in [0.5, 0.6) is 0 Å². The van der Waals surface area contributed by atoms with Crippen LogP contribution in [0.15, 0.2) is 22.8 Å². The maximum Gasteiger partial charge on any atom is 0.332 e. The normalized spacial score (nSPS) is 28.8. The molecule has 1 N–H and O–H groups in total. The van der Waals surface area contributed by atoms with Gasteiger partial charge in [-0.2, -0.15) is 0 Å². The van der Waals surface area contributed by atoms with E-state index in [4.69, 9.17) is 0 Å². The molecule has 0 unspecified atom stereocenters. The SMILES string of the molecule is CC(C)CC1=C[C@@H]2C(=C(C(=O)O)C(C)(C)C)C[C@H]2C1. The number of aliphatic carboxylic acids is 1. The van der Waals surface area contributed by atoms with Gasteiger partial charge in [0.2, 0.25) is 0 Å². The molecule has 19 heavy (non-hydrogen) atoms. The third-order valence-corrected chi connectivity index (χ3v) is 4.29. The van der Waals surface area contributed by atoms with Gasteiger partial charge in [0.15, 0.2) is 0 Å². The van der Waals surface area contributed by atoms with Crippen LogP contribution in [-0.2, 0) is 4.79 Å². The van der Waals surface area contributed by atoms with Crippen LogP contribution in [0.4, 0.5) is 0 Å². The number of hydrogen-bond donors (Lipinski definition) is 1. The summed E-state index contributed by atoms with van der Waals surface area (Å²) in [6, 6.07) is 0. The van der Waals surface area contributed by atoms with Gasteiger partial charge in [0.1, 0.15) is 0 Å². The third-order valence-electron chi connectivity index (χ3n) is 4.29. The van der Waals surface area contributed by atoms with Gasteiger partial charge in [-0.15, -0.1) is 0 Å². The summed E-state index contributed by atoms with van der Waals surface area (Å²) >= 11 is 0. The lowest BCUT2D eigenvalue weighted by Crippen LogP contribution is -2.31. The standard InChI is InChI=1S/C17H26O2/c1-10(2)6-11-7-12-9-14(13(12)8-11)15(16(18)19)17(3,4)5/h8,10,12-13H,6-7,9H2,1-5H3,(H,18,19)/t12-,13+/m1/s1. The van der Waals surface area contributed by atoms with E-state index in [2.05, 4.69) is 19.9 Å². The van der Waals surface area contributed by atoms with Crippen LogP contribution in [0.25, 0.3) is 0 Å². The zero-order chi connectivity index (χ0) is 14.4. The molecule has 2 atom stereocenters. The smallest absolute Gasteiger partial charge is 0.332 e. The second-order valence-electron chi connectivity index (χ2n) is 7.57. The van der Waals surface area contributed by atoms with Crippen molar-refractivity contribution in [1.29, 1.82) is 0 Å². The Balaban J connectivity index is 2.25. The van der Waals surface area contributed by atoms with Gasteiger partial charge in [0.25, 0.3) is 0 Å². The molecule has 0 aromatic carbocycles. The van der Waals surface area contributed by atoms with Crippen molar-refractivity contribution in [3.8, 4) is 0 Å². The summed E-state index contributed by atoms with van der Waals surface area (Å²) in [5.41, 5.74) is 3.11. The summed E-state index contributed by atoms with van der Waals surface area (Å²) in [4.78, 5) is 11.5. The number of rotatable bonds is 3. The van der Waals surface area contributed by atoms with Crippen molar-refractivity contribution in [1.82, 2.24) is 0 Å². The Labute approximate surface area is 116 Å². The molecule has 2 nitrogen and oxygen atoms in total. The van der Waals surface area contributed by atoms with Crippen LogP contribution in [0.2, 0.25) is 0 Å². The lowest BCUT2D eigenvalue weighted by Gasteiger charge is -2.38. The molecular weight excluding hydrogens is 236 g/mol. The van der Waals surface area contributed by atoms with E-state index in [-0.39, 0.29) is 5.41 Å². The fourth-order valence-corrected chi connectivity index (χ4v) is 3.65. The Morgan fingerprint density at radius 1 is 1.37 bits per heavy atom. The summed E-state index contributed by atoms with van der Waals surface area (Å²) in [6.45, 7) is 10.5. The highest BCUT2D eigenvalue weighted by Crippen LogP contribution is 2.53. The Morgan fingerprint density at radius 3 is 2.47 bits per heavy atom. The molecule has 0 radical (unpaired) electrons. The summed E-state index contributed by atoms with van der Waals surface area (Å²) in [6.07, 6.45) is 5.70. The zero-order valence-corrected chi connectivity index (χ0v) is 12.8. The fraction of sp³-hybridized carbons (Fsp3) is 0.706. The highest BCUT2D eigenvalue weighted by Gasteiger charge is 2.43. The first-order valence-corrected chi connectivity index (χ1v) is 7.36. The van der Waals surface area contributed by atoms with Crippen molar-refractivity contribution >= 4 is 5.97 Å². The molecule has 0 heterocycles. The second-order valence-corrected chi connectivity index (χ2v) is 7.57. The summed E-state index contributed by atoms with van der Waals surface area (Å²) in [5, 5.41) is 9.50. The minimum absolute atomic E-state index is 0.263. The van der Waals surface area contributed by atoms with Crippen molar-refractivity contribution in [3.05, 3.63) is 22.8 Å². The minimum atomic E-state index is -0.730. The number of carboxylic acids is 1. The van der Waals surface area contributed by atoms with E-state index in [1.54, 1.807) is 5.57 Å². The molecule has 0 spiro atoms. The Kier molecular flexibility index (Phi) is 3.63. The van der Waals surface area contributed by atoms with Gasteiger partial charge in [-0.05, 0) is 36.5 Å². The molecule has 0 amide bonds. The predicted octanol–water partition coefficient (Wildman–Crippen LogP) is 4.43. The summed E-state index contributed by atoms with van der Waals surface area (Å²) in [7, 11) is 0. The third kappa shape index (κ3) is 2.77. The van der Waals surface area contributed by atoms with Crippen LogP contribution < -0.4 is 0 Å². The Morgan fingerprint density at radius 2 is 2.00 bits per heavy atom. The molecule has 0 bridgehead atoms. The monoisotopic (exact) mass is 262 g/mol. The number of carboxylic acid groups (broad SMARTS) is 1. The quantitative estimate of drug-likeness (QED) is 0.603. The molecule has 2 rings (SSSR count). The van der Waals surface area contributed by atoms with Gasteiger partial charge >= 0.3 is 5.97 Å². The topological polar surface area (TPSA) is 37.3 Å². The largest absolute Gasteiger partial charge is 0.478 e. The lowest BCUT2D eigenvalue weighted by atomic mass is 9.65. The molecule has 0 aromatic rings. The van der Waals surface area contributed by atoms with Crippen LogP contribution in [-0.4, -0.2) is 11.1 Å². The predicted molar refractivity (Wildman–Crippen MR) is 77.9 cm³/mol. The average Bonchev–Trinajstić information content (AvgIpc) is 2.49. The molecule has 0 saturated heterocycles. The van der Waals surface area contributed by atoms with E-state index in [9.17, 15) is 9.90 Å². The van der Waals surface area contributed by atoms with Gasteiger partial charge in [0, 0.05) is 11.5 Å². The molecule has 106 valence electrons. The van der Waals surface area contributed by atoms with E-state index in [0.717, 1.165) is 12.8 Å². The van der Waals surface area contributed by atoms with Crippen LogP contribution in [0, 0.1) is 23.2 Å². The van der Waals surface area contributed by atoms with Gasteiger partial charge < -0.3 is 5.11 Å². The van der Waals surface area contributed by atoms with Gasteiger partial charge in [0.05, 0.1) is 0 Å². The molecule has 2 heteroatoms. The minimum Gasteiger partial charge on any atom is -0.478 e. The molecule has 1 saturated carbocycles. The first-order valence-electron chi connectivity index (χ1n) is 7.36. The maximum absolute atomic E-state index is 11.5. The maximum atomic E-state index is 11.5. The molecule has 1 fully saturated rings. The lowest BCUT2D eigenvalue weighted by molar-refractivity contribution is -0.133. The highest BCUT2D eigenvalue weighted by molar-refractivity contribution is 5.89. The molecule has 2 aliphatic rings. The van der Waals surface area contributed by atoms with Crippen molar-refractivity contribution in [2.45, 2.75) is 53.9 Å². The van der Waals surface area contributed by atoms with Gasteiger partial charge in [-0.3, -0.25) is 0 Å². The van der Waals surface area contributed by atoms with Crippen molar-refractivity contribution < 1.29 is 9.90 Å². The van der Waals surface area contributed by atoms with E-state index >= 15 is 0 Å². The van der Waals surface area contributed by atoms with Crippen LogP contribution in [0.3, 0.4) is 0 Å². The first-order chi connectivity index (χ1) is 8.70. The van der Waals surface area contributed by atoms with Gasteiger partial charge in [-0.1, -0.05) is 51.8 Å². The number of fused-ring (bicyclic) bond motifs is 1. The molecule has 2 aliphatic carbocycles. The average molecular weight is 262 g/mol. The summed E-state index contributed by atoms with van der Waals surface area (Å²) in [5.74, 6) is 1.06. The summed E-state index contributed by atoms with van der Waals surface area (Å²) < 4.78 is 0. The van der Waals surface area contributed by atoms with E-state index in [0.29, 0.717) is 23.3 Å². The van der Waals surface area contributed by atoms with Crippen LogP contribution >= 0.6 is 0 Å². The highest BCUT2D eigenvalue weighted by atomic mass is 16.4. The van der Waals surface area contributed by atoms with Crippen molar-refractivity contribution in [3.63, 3.8) is 0 Å². The number of carbonyl (C=O) groups is 1. The van der Waals surface area contributed by atoms with Crippen molar-refractivity contribution in [2.24, 2.45) is 23.2 Å².